The molecular weight excluding hydrogens is 260 g/mol. The molecule has 0 rings (SSSR count). The van der Waals surface area contributed by atoms with Crippen LogP contribution in [-0.2, 0) is 9.53 Å². The van der Waals surface area contributed by atoms with Gasteiger partial charge < -0.3 is 4.74 Å². The van der Waals surface area contributed by atoms with Gasteiger partial charge in [0.05, 0.1) is 6.61 Å². The monoisotopic (exact) mass is 296 g/mol. The van der Waals surface area contributed by atoms with Crippen molar-refractivity contribution in [2.24, 2.45) is 0 Å². The van der Waals surface area contributed by atoms with Crippen molar-refractivity contribution >= 4 is 5.97 Å². The first-order chi connectivity index (χ1) is 10.2. The van der Waals surface area contributed by atoms with E-state index in [4.69, 9.17) is 4.74 Å². The van der Waals surface area contributed by atoms with E-state index in [0.29, 0.717) is 18.6 Å². The highest BCUT2D eigenvalue weighted by Crippen LogP contribution is 2.12. The first kappa shape index (κ1) is 20.2. The second-order valence-electron chi connectivity index (χ2n) is 5.98. The van der Waals surface area contributed by atoms with Gasteiger partial charge in [-0.05, 0) is 12.8 Å². The summed E-state index contributed by atoms with van der Waals surface area (Å²) >= 11 is 0. The standard InChI is InChI=1S/C19H36O2/c1-4-6-7-8-9-10-11-12-13-14-15-16-17-21-19(20)18(3)5-2/h3-17H2,1-2H3. The van der Waals surface area contributed by atoms with Gasteiger partial charge in [0.25, 0.3) is 0 Å². The summed E-state index contributed by atoms with van der Waals surface area (Å²) in [6.07, 6.45) is 16.6. The van der Waals surface area contributed by atoms with Crippen LogP contribution in [0.5, 0.6) is 0 Å². The number of hydrogen-bond donors (Lipinski definition) is 0. The molecule has 0 bridgehead atoms. The van der Waals surface area contributed by atoms with Crippen molar-refractivity contribution < 1.29 is 9.53 Å². The molecule has 0 unspecified atom stereocenters. The number of carbonyl (C=O) groups excluding carboxylic acids is 1. The maximum Gasteiger partial charge on any atom is 0.333 e. The fourth-order valence-corrected chi connectivity index (χ4v) is 2.35. The number of rotatable bonds is 15. The summed E-state index contributed by atoms with van der Waals surface area (Å²) in [5, 5.41) is 0. The molecule has 0 aromatic rings. The van der Waals surface area contributed by atoms with E-state index in [1.54, 1.807) is 0 Å². The molecule has 0 saturated carbocycles. The van der Waals surface area contributed by atoms with E-state index >= 15 is 0 Å². The molecule has 0 spiro atoms. The summed E-state index contributed by atoms with van der Waals surface area (Å²) in [5.74, 6) is -0.222. The van der Waals surface area contributed by atoms with Gasteiger partial charge in [0.2, 0.25) is 0 Å². The van der Waals surface area contributed by atoms with Gasteiger partial charge in [-0.1, -0.05) is 91.1 Å². The zero-order valence-corrected chi connectivity index (χ0v) is 14.4. The number of hydrogen-bond acceptors (Lipinski definition) is 2. The zero-order valence-electron chi connectivity index (χ0n) is 14.4. The van der Waals surface area contributed by atoms with Gasteiger partial charge in [-0.2, -0.15) is 0 Å². The van der Waals surface area contributed by atoms with Gasteiger partial charge in [0.15, 0.2) is 0 Å². The van der Waals surface area contributed by atoms with Crippen LogP contribution < -0.4 is 0 Å². The Balaban J connectivity index is 3.12. The maximum atomic E-state index is 11.4. The smallest absolute Gasteiger partial charge is 0.333 e. The molecular formula is C19H36O2. The van der Waals surface area contributed by atoms with Crippen LogP contribution in [0.15, 0.2) is 12.2 Å². The maximum absolute atomic E-state index is 11.4. The highest BCUT2D eigenvalue weighted by molar-refractivity contribution is 5.87. The summed E-state index contributed by atoms with van der Waals surface area (Å²) in [4.78, 5) is 11.4. The number of esters is 1. The van der Waals surface area contributed by atoms with Gasteiger partial charge in [-0.15, -0.1) is 0 Å². The van der Waals surface area contributed by atoms with E-state index in [2.05, 4.69) is 13.5 Å². The van der Waals surface area contributed by atoms with Crippen molar-refractivity contribution in [2.45, 2.75) is 97.3 Å². The molecule has 0 heterocycles. The predicted molar refractivity (Wildman–Crippen MR) is 91.5 cm³/mol. The van der Waals surface area contributed by atoms with Crippen molar-refractivity contribution in [2.75, 3.05) is 6.61 Å². The van der Waals surface area contributed by atoms with Gasteiger partial charge in [-0.25, -0.2) is 4.79 Å². The summed E-state index contributed by atoms with van der Waals surface area (Å²) < 4.78 is 5.15. The molecule has 2 nitrogen and oxygen atoms in total. The third-order valence-corrected chi connectivity index (χ3v) is 3.95. The van der Waals surface area contributed by atoms with Gasteiger partial charge in [0, 0.05) is 5.57 Å². The molecule has 0 aliphatic carbocycles. The van der Waals surface area contributed by atoms with Crippen LogP contribution in [0.2, 0.25) is 0 Å². The Bertz CT molecular complexity index is 258. The molecule has 0 amide bonds. The SMILES string of the molecule is C=C(CC)C(=O)OCCCCCCCCCCCCCC. The molecule has 0 N–H and O–H groups in total. The second kappa shape index (κ2) is 15.6. The minimum Gasteiger partial charge on any atom is -0.462 e. The van der Waals surface area contributed by atoms with Crippen molar-refractivity contribution in [1.82, 2.24) is 0 Å². The Kier molecular flexibility index (Phi) is 15.0. The molecule has 0 saturated heterocycles. The number of carbonyl (C=O) groups is 1. The van der Waals surface area contributed by atoms with Crippen LogP contribution in [0.1, 0.15) is 97.3 Å². The lowest BCUT2D eigenvalue weighted by molar-refractivity contribution is -0.139. The molecule has 2 heteroatoms. The molecule has 0 aromatic carbocycles. The van der Waals surface area contributed by atoms with E-state index in [-0.39, 0.29) is 5.97 Å². The summed E-state index contributed by atoms with van der Waals surface area (Å²) in [6.45, 7) is 8.42. The zero-order chi connectivity index (χ0) is 15.8. The average molecular weight is 296 g/mol. The van der Waals surface area contributed by atoms with Crippen LogP contribution >= 0.6 is 0 Å². The van der Waals surface area contributed by atoms with Crippen LogP contribution in [0.3, 0.4) is 0 Å². The lowest BCUT2D eigenvalue weighted by Crippen LogP contribution is -2.07. The van der Waals surface area contributed by atoms with Gasteiger partial charge in [-0.3, -0.25) is 0 Å². The second-order valence-corrected chi connectivity index (χ2v) is 5.98. The largest absolute Gasteiger partial charge is 0.462 e. The average Bonchev–Trinajstić information content (AvgIpc) is 2.50. The minimum atomic E-state index is -0.222. The topological polar surface area (TPSA) is 26.3 Å². The summed E-state index contributed by atoms with van der Waals surface area (Å²) in [5.41, 5.74) is 0.578. The number of ether oxygens (including phenoxy) is 1. The van der Waals surface area contributed by atoms with Crippen LogP contribution in [0, 0.1) is 0 Å². The van der Waals surface area contributed by atoms with E-state index in [9.17, 15) is 4.79 Å². The van der Waals surface area contributed by atoms with E-state index in [1.807, 2.05) is 6.92 Å². The highest BCUT2D eigenvalue weighted by atomic mass is 16.5. The normalized spacial score (nSPS) is 10.6. The third-order valence-electron chi connectivity index (χ3n) is 3.95. The predicted octanol–water partition coefficient (Wildman–Crippen LogP) is 6.20. The fraction of sp³-hybridized carbons (Fsp3) is 0.842. The van der Waals surface area contributed by atoms with E-state index in [0.717, 1.165) is 6.42 Å². The first-order valence-electron chi connectivity index (χ1n) is 9.07. The molecule has 0 aliphatic rings. The Morgan fingerprint density at radius 3 is 1.62 bits per heavy atom. The molecule has 0 radical (unpaired) electrons. The first-order valence-corrected chi connectivity index (χ1v) is 9.07. The Morgan fingerprint density at radius 1 is 0.762 bits per heavy atom. The summed E-state index contributed by atoms with van der Waals surface area (Å²) in [6, 6.07) is 0. The van der Waals surface area contributed by atoms with Crippen molar-refractivity contribution in [3.8, 4) is 0 Å². The Labute approximate surface area is 132 Å². The summed E-state index contributed by atoms with van der Waals surface area (Å²) in [7, 11) is 0. The Hall–Kier alpha value is -0.790. The molecule has 124 valence electrons. The van der Waals surface area contributed by atoms with E-state index in [1.165, 1.54) is 70.6 Å². The highest BCUT2D eigenvalue weighted by Gasteiger charge is 2.04. The molecule has 0 fully saturated rings. The molecule has 0 aromatic heterocycles. The lowest BCUT2D eigenvalue weighted by atomic mass is 10.1. The van der Waals surface area contributed by atoms with Gasteiger partial charge in [0.1, 0.15) is 0 Å². The fourth-order valence-electron chi connectivity index (χ4n) is 2.35. The van der Waals surface area contributed by atoms with Gasteiger partial charge >= 0.3 is 5.97 Å². The third kappa shape index (κ3) is 13.9. The van der Waals surface area contributed by atoms with Crippen molar-refractivity contribution in [3.05, 3.63) is 12.2 Å². The minimum absolute atomic E-state index is 0.222. The number of unbranched alkanes of at least 4 members (excludes halogenated alkanes) is 11. The van der Waals surface area contributed by atoms with Crippen molar-refractivity contribution in [3.63, 3.8) is 0 Å². The lowest BCUT2D eigenvalue weighted by Gasteiger charge is -2.05. The van der Waals surface area contributed by atoms with Crippen molar-refractivity contribution in [1.29, 1.82) is 0 Å². The van der Waals surface area contributed by atoms with E-state index < -0.39 is 0 Å². The quantitative estimate of drug-likeness (QED) is 0.204. The molecule has 0 atom stereocenters. The molecule has 21 heavy (non-hydrogen) atoms. The van der Waals surface area contributed by atoms with Crippen LogP contribution in [0.25, 0.3) is 0 Å². The van der Waals surface area contributed by atoms with Crippen LogP contribution in [-0.4, -0.2) is 12.6 Å². The molecule has 0 aliphatic heterocycles. The Morgan fingerprint density at radius 2 is 1.19 bits per heavy atom. The van der Waals surface area contributed by atoms with Crippen LogP contribution in [0.4, 0.5) is 0 Å².